The molecule has 2 atom stereocenters. The molecule has 0 aromatic heterocycles. The van der Waals surface area contributed by atoms with Crippen molar-refractivity contribution >= 4 is 12.1 Å². The molecule has 0 unspecified atom stereocenters. The van der Waals surface area contributed by atoms with Crippen LogP contribution in [0.2, 0.25) is 0 Å². The normalized spacial score (nSPS) is 29.1. The van der Waals surface area contributed by atoms with Crippen molar-refractivity contribution in [2.24, 2.45) is 11.3 Å². The molecule has 1 aromatic rings. The number of rotatable bonds is 2. The lowest BCUT2D eigenvalue weighted by molar-refractivity contribution is -0.147. The summed E-state index contributed by atoms with van der Waals surface area (Å²) in [5.74, 6) is 1.70. The van der Waals surface area contributed by atoms with Gasteiger partial charge in [0, 0.05) is 23.3 Å². The molecule has 4 nitrogen and oxygen atoms in total. The van der Waals surface area contributed by atoms with Crippen LogP contribution in [0, 0.1) is 11.3 Å². The number of hydrogen-bond acceptors (Lipinski definition) is 4. The molecule has 1 heterocycles. The number of aldehydes is 1. The van der Waals surface area contributed by atoms with E-state index in [-0.39, 0.29) is 11.5 Å². The zero-order chi connectivity index (χ0) is 16.1. The third kappa shape index (κ3) is 2.04. The minimum Gasteiger partial charge on any atom is -0.493 e. The van der Waals surface area contributed by atoms with Crippen LogP contribution in [0.3, 0.4) is 0 Å². The zero-order valence-corrected chi connectivity index (χ0v) is 13.6. The topological polar surface area (TPSA) is 52.6 Å². The van der Waals surface area contributed by atoms with Crippen molar-refractivity contribution in [2.45, 2.75) is 45.6 Å². The van der Waals surface area contributed by atoms with E-state index in [4.69, 9.17) is 9.47 Å². The Balaban J connectivity index is 2.12. The maximum absolute atomic E-state index is 12.3. The molecular formula is C18H22O4. The van der Waals surface area contributed by atoms with Gasteiger partial charge in [-0.25, -0.2) is 0 Å². The van der Waals surface area contributed by atoms with Gasteiger partial charge in [0.2, 0.25) is 0 Å². The molecule has 3 rings (SSSR count). The second kappa shape index (κ2) is 4.83. The molecule has 118 valence electrons. The molecule has 1 aliphatic carbocycles. The zero-order valence-electron chi connectivity index (χ0n) is 13.6. The Morgan fingerprint density at radius 3 is 2.68 bits per heavy atom. The molecule has 1 aromatic carbocycles. The summed E-state index contributed by atoms with van der Waals surface area (Å²) >= 11 is 0. The summed E-state index contributed by atoms with van der Waals surface area (Å²) in [6, 6.07) is 3.55. The van der Waals surface area contributed by atoms with Crippen LogP contribution in [0.5, 0.6) is 11.5 Å². The second-order valence-corrected chi connectivity index (χ2v) is 7.15. The van der Waals surface area contributed by atoms with E-state index in [1.165, 1.54) is 0 Å². The molecule has 0 N–H and O–H groups in total. The molecule has 1 fully saturated rings. The van der Waals surface area contributed by atoms with Gasteiger partial charge in [0.05, 0.1) is 7.11 Å². The average molecular weight is 302 g/mol. The molecule has 22 heavy (non-hydrogen) atoms. The van der Waals surface area contributed by atoms with E-state index < -0.39 is 5.41 Å². The summed E-state index contributed by atoms with van der Waals surface area (Å²) in [6.45, 7) is 6.10. The number of benzene rings is 1. The van der Waals surface area contributed by atoms with E-state index in [2.05, 4.69) is 6.92 Å². The Bertz CT molecular complexity index is 647. The van der Waals surface area contributed by atoms with E-state index in [0.717, 1.165) is 30.4 Å². The third-order valence-electron chi connectivity index (χ3n) is 5.44. The SMILES string of the molecule is COc1cc(C=O)cc2c1O[C@]1(C)CCC(=O)C(C)(C)[C@H]1C2. The molecular weight excluding hydrogens is 280 g/mol. The standard InChI is InChI=1S/C18H22O4/c1-17(2)14-9-12-7-11(10-19)8-13(21-4)16(12)22-18(14,3)6-5-15(17)20/h7-8,10,14H,5-6,9H2,1-4H3/t14-,18-/m1/s1. The number of ketones is 1. The van der Waals surface area contributed by atoms with E-state index in [9.17, 15) is 9.59 Å². The number of fused-ring (bicyclic) bond motifs is 2. The van der Waals surface area contributed by atoms with Crippen molar-refractivity contribution in [1.29, 1.82) is 0 Å². The molecule has 1 aliphatic heterocycles. The van der Waals surface area contributed by atoms with Gasteiger partial charge < -0.3 is 9.47 Å². The molecule has 2 aliphatic rings. The number of carbonyl (C=O) groups is 2. The molecule has 0 radical (unpaired) electrons. The molecule has 0 amide bonds. The van der Waals surface area contributed by atoms with Gasteiger partial charge in [-0.15, -0.1) is 0 Å². The van der Waals surface area contributed by atoms with Gasteiger partial charge in [-0.3, -0.25) is 9.59 Å². The number of ether oxygens (including phenoxy) is 2. The van der Waals surface area contributed by atoms with Crippen LogP contribution in [-0.2, 0) is 11.2 Å². The van der Waals surface area contributed by atoms with Gasteiger partial charge in [-0.2, -0.15) is 0 Å². The first kappa shape index (κ1) is 15.1. The quantitative estimate of drug-likeness (QED) is 0.787. The van der Waals surface area contributed by atoms with Crippen molar-refractivity contribution in [3.05, 3.63) is 23.3 Å². The maximum Gasteiger partial charge on any atom is 0.165 e. The Morgan fingerprint density at radius 1 is 1.32 bits per heavy atom. The number of methoxy groups -OCH3 is 1. The van der Waals surface area contributed by atoms with Crippen molar-refractivity contribution < 1.29 is 19.1 Å². The van der Waals surface area contributed by atoms with Crippen LogP contribution in [0.1, 0.15) is 49.5 Å². The fourth-order valence-electron chi connectivity index (χ4n) is 4.03. The summed E-state index contributed by atoms with van der Waals surface area (Å²) in [4.78, 5) is 23.5. The maximum atomic E-state index is 12.3. The van der Waals surface area contributed by atoms with Crippen LogP contribution in [-0.4, -0.2) is 24.8 Å². The monoisotopic (exact) mass is 302 g/mol. The van der Waals surface area contributed by atoms with Crippen molar-refractivity contribution in [1.82, 2.24) is 0 Å². The lowest BCUT2D eigenvalue weighted by Gasteiger charge is -2.52. The van der Waals surface area contributed by atoms with Gasteiger partial charge >= 0.3 is 0 Å². The van der Waals surface area contributed by atoms with Gasteiger partial charge in [-0.1, -0.05) is 13.8 Å². The first-order valence-electron chi connectivity index (χ1n) is 7.70. The molecule has 4 heteroatoms. The van der Waals surface area contributed by atoms with Gasteiger partial charge in [0.15, 0.2) is 11.5 Å². The number of Topliss-reactive ketones (excluding diaryl/α,β-unsaturated/α-hetero) is 1. The second-order valence-electron chi connectivity index (χ2n) is 7.15. The fraction of sp³-hybridized carbons (Fsp3) is 0.556. The third-order valence-corrected chi connectivity index (χ3v) is 5.44. The Labute approximate surface area is 130 Å². The van der Waals surface area contributed by atoms with E-state index in [1.54, 1.807) is 13.2 Å². The Kier molecular flexibility index (Phi) is 3.31. The van der Waals surface area contributed by atoms with Crippen molar-refractivity contribution in [3.63, 3.8) is 0 Å². The largest absolute Gasteiger partial charge is 0.493 e. The summed E-state index contributed by atoms with van der Waals surface area (Å²) in [7, 11) is 1.58. The van der Waals surface area contributed by atoms with Crippen LogP contribution < -0.4 is 9.47 Å². The average Bonchev–Trinajstić information content (AvgIpc) is 2.49. The van der Waals surface area contributed by atoms with Crippen LogP contribution in [0.4, 0.5) is 0 Å². The number of carbonyl (C=O) groups excluding carboxylic acids is 2. The minimum absolute atomic E-state index is 0.0976. The van der Waals surface area contributed by atoms with Gasteiger partial charge in [0.25, 0.3) is 0 Å². The highest BCUT2D eigenvalue weighted by Gasteiger charge is 2.54. The van der Waals surface area contributed by atoms with E-state index >= 15 is 0 Å². The predicted molar refractivity (Wildman–Crippen MR) is 82.6 cm³/mol. The van der Waals surface area contributed by atoms with Crippen LogP contribution in [0.15, 0.2) is 12.1 Å². The summed E-state index contributed by atoms with van der Waals surface area (Å²) in [6.07, 6.45) is 2.80. The number of hydrogen-bond donors (Lipinski definition) is 0. The highest BCUT2D eigenvalue weighted by Crippen LogP contribution is 2.53. The molecule has 0 bridgehead atoms. The lowest BCUT2D eigenvalue weighted by Crippen LogP contribution is -2.57. The highest BCUT2D eigenvalue weighted by atomic mass is 16.5. The molecule has 0 saturated heterocycles. The van der Waals surface area contributed by atoms with Gasteiger partial charge in [-0.05, 0) is 37.5 Å². The molecule has 1 saturated carbocycles. The van der Waals surface area contributed by atoms with Crippen molar-refractivity contribution in [2.75, 3.05) is 7.11 Å². The summed E-state index contributed by atoms with van der Waals surface area (Å²) in [5.41, 5.74) is 0.726. The van der Waals surface area contributed by atoms with Crippen LogP contribution in [0.25, 0.3) is 0 Å². The van der Waals surface area contributed by atoms with E-state index in [1.807, 2.05) is 19.9 Å². The first-order chi connectivity index (χ1) is 10.3. The fourth-order valence-corrected chi connectivity index (χ4v) is 4.03. The lowest BCUT2D eigenvalue weighted by atomic mass is 9.58. The highest BCUT2D eigenvalue weighted by molar-refractivity contribution is 5.86. The summed E-state index contributed by atoms with van der Waals surface area (Å²) < 4.78 is 11.7. The molecule has 0 spiro atoms. The Hall–Kier alpha value is -1.84. The minimum atomic E-state index is -0.422. The van der Waals surface area contributed by atoms with Gasteiger partial charge in [0.1, 0.15) is 17.7 Å². The van der Waals surface area contributed by atoms with Crippen LogP contribution >= 0.6 is 0 Å². The smallest absolute Gasteiger partial charge is 0.165 e. The van der Waals surface area contributed by atoms with E-state index in [0.29, 0.717) is 23.5 Å². The Morgan fingerprint density at radius 2 is 2.05 bits per heavy atom. The summed E-state index contributed by atoms with van der Waals surface area (Å²) in [5, 5.41) is 0. The van der Waals surface area contributed by atoms with Crippen molar-refractivity contribution in [3.8, 4) is 11.5 Å². The first-order valence-corrected chi connectivity index (χ1v) is 7.70. The predicted octanol–water partition coefficient (Wildman–Crippen LogP) is 3.21.